The first-order valence-corrected chi connectivity index (χ1v) is 8.75. The van der Waals surface area contributed by atoms with E-state index in [9.17, 15) is 19.2 Å². The number of hydrogen-bond acceptors (Lipinski definition) is 7. The molecule has 4 unspecified atom stereocenters. The monoisotopic (exact) mass is 388 g/mol. The molecule has 0 saturated carbocycles. The molecule has 0 spiro atoms. The van der Waals surface area contributed by atoms with Gasteiger partial charge in [0.2, 0.25) is 17.7 Å². The summed E-state index contributed by atoms with van der Waals surface area (Å²) in [5.41, 5.74) is 5.54. The van der Waals surface area contributed by atoms with E-state index < -0.39 is 61.1 Å². The Morgan fingerprint density at radius 1 is 1.15 bits per heavy atom. The van der Waals surface area contributed by atoms with E-state index in [0.717, 1.165) is 0 Å². The van der Waals surface area contributed by atoms with Gasteiger partial charge in [0, 0.05) is 6.54 Å². The molecule has 154 valence electrons. The number of carbonyl (C=O) groups excluding carboxylic acids is 3. The molecular weight excluding hydrogens is 360 g/mol. The molecule has 4 atom stereocenters. The number of nitrogens with zero attached hydrogens (tertiary/aromatic N) is 1. The molecule has 1 aliphatic heterocycles. The maximum absolute atomic E-state index is 12.6. The minimum absolute atomic E-state index is 0.314. The van der Waals surface area contributed by atoms with Gasteiger partial charge in [-0.05, 0) is 18.8 Å². The van der Waals surface area contributed by atoms with Crippen molar-refractivity contribution in [1.29, 1.82) is 0 Å². The highest BCUT2D eigenvalue weighted by molar-refractivity contribution is 5.94. The molecule has 0 aromatic carbocycles. The van der Waals surface area contributed by atoms with Gasteiger partial charge in [0.05, 0.1) is 13.2 Å². The van der Waals surface area contributed by atoms with Crippen LogP contribution in [0.2, 0.25) is 0 Å². The summed E-state index contributed by atoms with van der Waals surface area (Å²) in [5.74, 6) is -3.62. The van der Waals surface area contributed by atoms with Crippen molar-refractivity contribution in [2.75, 3.05) is 19.8 Å². The number of hydrogen-bond donors (Lipinski definition) is 6. The first-order chi connectivity index (χ1) is 12.6. The van der Waals surface area contributed by atoms with Crippen LogP contribution in [0.1, 0.15) is 26.7 Å². The lowest BCUT2D eigenvalue weighted by atomic mass is 10.0. The second kappa shape index (κ2) is 10.2. The van der Waals surface area contributed by atoms with Crippen molar-refractivity contribution >= 4 is 23.7 Å². The largest absolute Gasteiger partial charge is 0.480 e. The number of rotatable bonds is 9. The molecule has 1 aliphatic rings. The molecule has 1 saturated heterocycles. The van der Waals surface area contributed by atoms with Crippen LogP contribution in [0.3, 0.4) is 0 Å². The second-order valence-corrected chi connectivity index (χ2v) is 6.79. The third-order valence-electron chi connectivity index (χ3n) is 4.40. The lowest BCUT2D eigenvalue weighted by molar-refractivity contribution is -0.144. The van der Waals surface area contributed by atoms with E-state index >= 15 is 0 Å². The maximum atomic E-state index is 12.6. The average molecular weight is 388 g/mol. The van der Waals surface area contributed by atoms with Crippen LogP contribution in [-0.4, -0.2) is 87.8 Å². The Morgan fingerprint density at radius 2 is 1.78 bits per heavy atom. The summed E-state index contributed by atoms with van der Waals surface area (Å²) in [6.45, 7) is 2.31. The summed E-state index contributed by atoms with van der Waals surface area (Å²) in [6, 6.07) is -4.47. The molecule has 11 heteroatoms. The van der Waals surface area contributed by atoms with Crippen molar-refractivity contribution in [3.8, 4) is 0 Å². The van der Waals surface area contributed by atoms with Gasteiger partial charge in [-0.25, -0.2) is 4.79 Å². The van der Waals surface area contributed by atoms with Gasteiger partial charge < -0.3 is 36.6 Å². The van der Waals surface area contributed by atoms with Crippen LogP contribution < -0.4 is 16.4 Å². The predicted molar refractivity (Wildman–Crippen MR) is 93.2 cm³/mol. The van der Waals surface area contributed by atoms with Crippen molar-refractivity contribution in [1.82, 2.24) is 15.5 Å². The molecule has 0 bridgehead atoms. The number of carboxylic acids is 1. The standard InChI is InChI=1S/C16H28N4O7/c1-8(2)12(14(24)18-10(7-22)16(26)27)19-13(23)11-4-3-5-20(11)15(25)9(17)6-21/h8-12,21-22H,3-7,17H2,1-2H3,(H,18,24)(H,19,23)(H,26,27). The Balaban J connectivity index is 2.84. The van der Waals surface area contributed by atoms with Gasteiger partial charge in [-0.15, -0.1) is 0 Å². The summed E-state index contributed by atoms with van der Waals surface area (Å²) >= 11 is 0. The fraction of sp³-hybridized carbons (Fsp3) is 0.750. The lowest BCUT2D eigenvalue weighted by Gasteiger charge is -2.29. The summed E-state index contributed by atoms with van der Waals surface area (Å²) in [5, 5.41) is 31.7. The van der Waals surface area contributed by atoms with Crippen LogP contribution in [0.15, 0.2) is 0 Å². The molecule has 1 rings (SSSR count). The van der Waals surface area contributed by atoms with Gasteiger partial charge in [0.15, 0.2) is 0 Å². The van der Waals surface area contributed by atoms with E-state index in [2.05, 4.69) is 10.6 Å². The Morgan fingerprint density at radius 3 is 2.26 bits per heavy atom. The summed E-state index contributed by atoms with van der Waals surface area (Å²) in [7, 11) is 0. The number of amides is 3. The molecule has 27 heavy (non-hydrogen) atoms. The van der Waals surface area contributed by atoms with Crippen LogP contribution in [0.4, 0.5) is 0 Å². The highest BCUT2D eigenvalue weighted by Crippen LogP contribution is 2.19. The van der Waals surface area contributed by atoms with E-state index in [1.165, 1.54) is 4.90 Å². The quantitative estimate of drug-likeness (QED) is 0.241. The Bertz CT molecular complexity index is 569. The fourth-order valence-corrected chi connectivity index (χ4v) is 2.83. The average Bonchev–Trinajstić information content (AvgIpc) is 3.11. The van der Waals surface area contributed by atoms with E-state index in [-0.39, 0.29) is 5.92 Å². The van der Waals surface area contributed by atoms with Gasteiger partial charge in [-0.1, -0.05) is 13.8 Å². The van der Waals surface area contributed by atoms with Crippen molar-refractivity contribution < 1.29 is 34.5 Å². The van der Waals surface area contributed by atoms with Gasteiger partial charge >= 0.3 is 5.97 Å². The van der Waals surface area contributed by atoms with Gasteiger partial charge in [-0.3, -0.25) is 14.4 Å². The highest BCUT2D eigenvalue weighted by atomic mass is 16.4. The van der Waals surface area contributed by atoms with Crippen LogP contribution in [0.25, 0.3) is 0 Å². The van der Waals surface area contributed by atoms with E-state index in [0.29, 0.717) is 19.4 Å². The highest BCUT2D eigenvalue weighted by Gasteiger charge is 2.38. The summed E-state index contributed by atoms with van der Waals surface area (Å²) in [4.78, 5) is 49.4. The molecule has 1 heterocycles. The number of aliphatic hydroxyl groups is 2. The molecule has 11 nitrogen and oxygen atoms in total. The smallest absolute Gasteiger partial charge is 0.328 e. The van der Waals surface area contributed by atoms with Crippen molar-refractivity contribution in [3.63, 3.8) is 0 Å². The number of nitrogens with one attached hydrogen (secondary N) is 2. The first-order valence-electron chi connectivity index (χ1n) is 8.75. The minimum atomic E-state index is -1.48. The normalized spacial score (nSPS) is 20.1. The van der Waals surface area contributed by atoms with Crippen LogP contribution in [0.5, 0.6) is 0 Å². The van der Waals surface area contributed by atoms with E-state index in [4.69, 9.17) is 21.1 Å². The number of likely N-dealkylation sites (tertiary alicyclic amines) is 1. The maximum Gasteiger partial charge on any atom is 0.328 e. The molecule has 3 amide bonds. The Kier molecular flexibility index (Phi) is 8.60. The SMILES string of the molecule is CC(C)C(NC(=O)C1CCCN1C(=O)C(N)CO)C(=O)NC(CO)C(=O)O. The van der Waals surface area contributed by atoms with Crippen molar-refractivity contribution in [3.05, 3.63) is 0 Å². The van der Waals surface area contributed by atoms with Gasteiger partial charge in [-0.2, -0.15) is 0 Å². The predicted octanol–water partition coefficient (Wildman–Crippen LogP) is -3.00. The lowest BCUT2D eigenvalue weighted by Crippen LogP contribution is -2.58. The number of carboxylic acid groups (broad SMARTS) is 1. The fourth-order valence-electron chi connectivity index (χ4n) is 2.83. The third-order valence-corrected chi connectivity index (χ3v) is 4.40. The minimum Gasteiger partial charge on any atom is -0.480 e. The van der Waals surface area contributed by atoms with E-state index in [1.807, 2.05) is 0 Å². The zero-order valence-electron chi connectivity index (χ0n) is 15.4. The first kappa shape index (κ1) is 22.8. The topological polar surface area (TPSA) is 182 Å². The molecule has 0 aliphatic carbocycles. The van der Waals surface area contributed by atoms with Gasteiger partial charge in [0.1, 0.15) is 24.2 Å². The van der Waals surface area contributed by atoms with Crippen LogP contribution >= 0.6 is 0 Å². The van der Waals surface area contributed by atoms with Crippen LogP contribution in [0, 0.1) is 5.92 Å². The Hall–Kier alpha value is -2.24. The van der Waals surface area contributed by atoms with E-state index in [1.54, 1.807) is 13.8 Å². The van der Waals surface area contributed by atoms with Crippen molar-refractivity contribution in [2.24, 2.45) is 11.7 Å². The van der Waals surface area contributed by atoms with Gasteiger partial charge in [0.25, 0.3) is 0 Å². The molecule has 0 radical (unpaired) electrons. The number of aliphatic carboxylic acids is 1. The second-order valence-electron chi connectivity index (χ2n) is 6.79. The molecule has 1 fully saturated rings. The van der Waals surface area contributed by atoms with Crippen LogP contribution in [-0.2, 0) is 19.2 Å². The Labute approximate surface area is 156 Å². The number of carbonyl (C=O) groups is 4. The molecule has 0 aromatic heterocycles. The molecule has 7 N–H and O–H groups in total. The molecule has 0 aromatic rings. The number of aliphatic hydroxyl groups excluding tert-OH is 2. The molecular formula is C16H28N4O7. The zero-order valence-corrected chi connectivity index (χ0v) is 15.4. The zero-order chi connectivity index (χ0) is 20.7. The number of nitrogens with two attached hydrogens (primary N) is 1. The third kappa shape index (κ3) is 5.88. The summed E-state index contributed by atoms with van der Waals surface area (Å²) in [6.07, 6.45) is 0.961. The summed E-state index contributed by atoms with van der Waals surface area (Å²) < 4.78 is 0. The van der Waals surface area contributed by atoms with Crippen molar-refractivity contribution in [2.45, 2.75) is 50.9 Å².